The molecule has 3 rings (SSSR count). The van der Waals surface area contributed by atoms with E-state index in [-0.39, 0.29) is 17.0 Å². The van der Waals surface area contributed by atoms with E-state index in [0.717, 1.165) is 12.1 Å². The molecule has 0 unspecified atom stereocenters. The maximum Gasteiger partial charge on any atom is 0.416 e. The number of nitrogens with zero attached hydrogens (tertiary/aromatic N) is 1. The first kappa shape index (κ1) is 21.9. The van der Waals surface area contributed by atoms with Gasteiger partial charge in [0.15, 0.2) is 8.32 Å². The maximum absolute atomic E-state index is 13.2. The average molecular weight is 427 g/mol. The van der Waals surface area contributed by atoms with Crippen LogP contribution in [0.2, 0.25) is 18.1 Å². The summed E-state index contributed by atoms with van der Waals surface area (Å²) in [5, 5.41) is 3.49. The molecule has 29 heavy (non-hydrogen) atoms. The smallest absolute Gasteiger partial charge is 0.415 e. The fraction of sp³-hybridized carbons (Fsp3) is 0.571. The molecule has 160 valence electrons. The van der Waals surface area contributed by atoms with Crippen molar-refractivity contribution in [1.29, 1.82) is 0 Å². The second-order valence-electron chi connectivity index (χ2n) is 9.23. The number of hydrogen-bond acceptors (Lipinski definition) is 2. The quantitative estimate of drug-likeness (QED) is 0.632. The van der Waals surface area contributed by atoms with Crippen molar-refractivity contribution in [1.82, 2.24) is 9.88 Å². The van der Waals surface area contributed by atoms with Crippen LogP contribution in [0.4, 0.5) is 13.2 Å². The molecule has 1 atom stereocenters. The normalized spacial score (nSPS) is 18.3. The molecule has 0 radical (unpaired) electrons. The van der Waals surface area contributed by atoms with Crippen molar-refractivity contribution < 1.29 is 22.4 Å². The number of aromatic nitrogens is 1. The number of hydrogen-bond donors (Lipinski definition) is 1. The topological polar surface area (TPSA) is 43.3 Å². The van der Waals surface area contributed by atoms with Crippen molar-refractivity contribution in [2.45, 2.75) is 58.0 Å². The van der Waals surface area contributed by atoms with Gasteiger partial charge in [0, 0.05) is 17.4 Å². The predicted molar refractivity (Wildman–Crippen MR) is 111 cm³/mol. The molecule has 0 saturated carbocycles. The minimum absolute atomic E-state index is 0.0238. The van der Waals surface area contributed by atoms with Crippen LogP contribution in [0.1, 0.15) is 49.8 Å². The number of nitrogens with one attached hydrogen (secondary N) is 1. The van der Waals surface area contributed by atoms with Crippen molar-refractivity contribution in [3.05, 3.63) is 35.5 Å². The minimum Gasteiger partial charge on any atom is -0.415 e. The van der Waals surface area contributed by atoms with Crippen molar-refractivity contribution in [3.63, 3.8) is 0 Å². The molecular formula is C21H29F3N2O2Si. The van der Waals surface area contributed by atoms with Gasteiger partial charge in [0.2, 0.25) is 0 Å². The zero-order chi connectivity index (χ0) is 21.8. The van der Waals surface area contributed by atoms with Crippen molar-refractivity contribution in [2.24, 2.45) is 5.92 Å². The first-order valence-corrected chi connectivity index (χ1v) is 12.8. The van der Waals surface area contributed by atoms with Crippen LogP contribution in [0.3, 0.4) is 0 Å². The van der Waals surface area contributed by atoms with Crippen LogP contribution in [0.25, 0.3) is 10.9 Å². The van der Waals surface area contributed by atoms with Gasteiger partial charge in [-0.15, -0.1) is 0 Å². The molecule has 2 aromatic rings. The predicted octanol–water partition coefficient (Wildman–Crippen LogP) is 5.60. The molecule has 0 aliphatic carbocycles. The number of amides is 1. The van der Waals surface area contributed by atoms with Gasteiger partial charge < -0.3 is 14.3 Å². The maximum atomic E-state index is 13.2. The summed E-state index contributed by atoms with van der Waals surface area (Å²) in [6, 6.07) is 5.01. The lowest BCUT2D eigenvalue weighted by Crippen LogP contribution is -2.48. The lowest BCUT2D eigenvalue weighted by atomic mass is 9.99. The van der Waals surface area contributed by atoms with E-state index in [4.69, 9.17) is 4.43 Å². The number of benzene rings is 1. The highest BCUT2D eigenvalue weighted by Gasteiger charge is 2.44. The molecule has 1 aliphatic heterocycles. The lowest BCUT2D eigenvalue weighted by Gasteiger charge is -2.43. The van der Waals surface area contributed by atoms with E-state index in [0.29, 0.717) is 35.7 Å². The largest absolute Gasteiger partial charge is 0.416 e. The number of halogens is 3. The third kappa shape index (κ3) is 3.84. The Hall–Kier alpha value is -1.80. The van der Waals surface area contributed by atoms with E-state index in [2.05, 4.69) is 46.1 Å². The molecule has 1 amide bonds. The Kier molecular flexibility index (Phi) is 5.41. The molecule has 0 spiro atoms. The van der Waals surface area contributed by atoms with Crippen LogP contribution in [0.15, 0.2) is 24.3 Å². The fourth-order valence-electron chi connectivity index (χ4n) is 3.68. The van der Waals surface area contributed by atoms with Gasteiger partial charge in [-0.3, -0.25) is 4.79 Å². The van der Waals surface area contributed by atoms with Crippen LogP contribution in [-0.2, 0) is 10.6 Å². The fourth-order valence-corrected chi connectivity index (χ4v) is 6.05. The molecule has 1 aromatic heterocycles. The van der Waals surface area contributed by atoms with Crippen molar-refractivity contribution >= 4 is 25.1 Å². The summed E-state index contributed by atoms with van der Waals surface area (Å²) in [5.41, 5.74) is 0.0785. The van der Waals surface area contributed by atoms with Crippen LogP contribution >= 0.6 is 0 Å². The monoisotopic (exact) mass is 426 g/mol. The Labute approximate surface area is 170 Å². The Balaban J connectivity index is 1.98. The number of carbonyl (C=O) groups is 1. The van der Waals surface area contributed by atoms with Crippen molar-refractivity contribution in [3.8, 4) is 0 Å². The highest BCUT2D eigenvalue weighted by Crippen LogP contribution is 2.45. The molecule has 0 bridgehead atoms. The number of fused-ring (bicyclic) bond motifs is 3. The minimum atomic E-state index is -4.43. The average Bonchev–Trinajstić information content (AvgIpc) is 3.00. The van der Waals surface area contributed by atoms with Crippen LogP contribution in [-0.4, -0.2) is 31.9 Å². The molecule has 0 fully saturated rings. The van der Waals surface area contributed by atoms with Crippen LogP contribution < -0.4 is 5.32 Å². The highest BCUT2D eigenvalue weighted by atomic mass is 28.4. The van der Waals surface area contributed by atoms with Crippen LogP contribution in [0, 0.1) is 5.92 Å². The van der Waals surface area contributed by atoms with Gasteiger partial charge in [-0.2, -0.15) is 13.2 Å². The summed E-state index contributed by atoms with van der Waals surface area (Å²) in [4.78, 5) is 12.3. The molecule has 1 aliphatic rings. The van der Waals surface area contributed by atoms with Gasteiger partial charge >= 0.3 is 6.18 Å². The Morgan fingerprint density at radius 1 is 1.24 bits per heavy atom. The van der Waals surface area contributed by atoms with Gasteiger partial charge in [-0.05, 0) is 42.2 Å². The summed E-state index contributed by atoms with van der Waals surface area (Å²) in [6.07, 6.45) is -4.43. The Morgan fingerprint density at radius 2 is 1.90 bits per heavy atom. The summed E-state index contributed by atoms with van der Waals surface area (Å²) in [5.74, 6) is 0.164. The Morgan fingerprint density at radius 3 is 2.48 bits per heavy atom. The molecule has 2 heterocycles. The van der Waals surface area contributed by atoms with Crippen molar-refractivity contribution in [2.75, 3.05) is 13.2 Å². The zero-order valence-electron chi connectivity index (χ0n) is 17.8. The van der Waals surface area contributed by atoms with Gasteiger partial charge in [-0.1, -0.05) is 33.8 Å². The summed E-state index contributed by atoms with van der Waals surface area (Å²) in [7, 11) is -2.11. The van der Waals surface area contributed by atoms with Crippen LogP contribution in [0.5, 0.6) is 0 Å². The molecular weight excluding hydrogens is 397 g/mol. The highest BCUT2D eigenvalue weighted by molar-refractivity contribution is 6.74. The first-order chi connectivity index (χ1) is 13.3. The summed E-state index contributed by atoms with van der Waals surface area (Å²) in [6.45, 7) is 13.8. The second-order valence-corrected chi connectivity index (χ2v) is 13.8. The zero-order valence-corrected chi connectivity index (χ0v) is 18.8. The standard InChI is InChI=1S/C21H29F3N2O2Si/c1-13(2)20(3,4)29(5,6)28-12-16-11-25-19(27)18-9-14-7-8-15(21(22,23)24)10-17(14)26(16)18/h7-10,13,16H,11-12H2,1-6H3,(H,25,27)/t16-/m0/s1. The third-order valence-corrected chi connectivity index (χ3v) is 11.5. The molecule has 4 nitrogen and oxygen atoms in total. The Bertz CT molecular complexity index is 932. The summed E-state index contributed by atoms with van der Waals surface area (Å²) >= 11 is 0. The first-order valence-electron chi connectivity index (χ1n) is 9.90. The van der Waals surface area contributed by atoms with E-state index in [1.165, 1.54) is 6.07 Å². The number of rotatable bonds is 5. The molecule has 8 heteroatoms. The molecule has 1 N–H and O–H groups in total. The molecule has 0 saturated heterocycles. The van der Waals surface area contributed by atoms with Gasteiger partial charge in [0.1, 0.15) is 5.69 Å². The number of carbonyl (C=O) groups excluding carboxylic acids is 1. The summed E-state index contributed by atoms with van der Waals surface area (Å²) < 4.78 is 47.9. The van der Waals surface area contributed by atoms with E-state index in [1.807, 2.05) is 0 Å². The van der Waals surface area contributed by atoms with E-state index in [9.17, 15) is 18.0 Å². The van der Waals surface area contributed by atoms with Gasteiger partial charge in [-0.25, -0.2) is 0 Å². The lowest BCUT2D eigenvalue weighted by molar-refractivity contribution is -0.137. The van der Waals surface area contributed by atoms with E-state index < -0.39 is 20.1 Å². The SMILES string of the molecule is CC(C)C(C)(C)[Si](C)(C)OC[C@@H]1CNC(=O)c2cc3ccc(C(F)(F)F)cc3n21. The number of alkyl halides is 3. The second kappa shape index (κ2) is 7.16. The van der Waals surface area contributed by atoms with Gasteiger partial charge in [0.05, 0.1) is 18.2 Å². The van der Waals surface area contributed by atoms with E-state index in [1.54, 1.807) is 10.6 Å². The third-order valence-electron chi connectivity index (χ3n) is 6.90. The van der Waals surface area contributed by atoms with E-state index >= 15 is 0 Å². The van der Waals surface area contributed by atoms with Gasteiger partial charge in [0.25, 0.3) is 5.91 Å². The molecule has 1 aromatic carbocycles.